The number of fused-ring (bicyclic) bond motifs is 1. The van der Waals surface area contributed by atoms with Gasteiger partial charge in [-0.05, 0) is 36.4 Å². The molecule has 0 amide bonds. The fraction of sp³-hybridized carbons (Fsp3) is 0. The molecule has 0 bridgehead atoms. The summed E-state index contributed by atoms with van der Waals surface area (Å²) in [6.45, 7) is 0. The number of nitrogens with zero attached hydrogens (tertiary/aromatic N) is 4. The summed E-state index contributed by atoms with van der Waals surface area (Å²) < 4.78 is 7.60. The summed E-state index contributed by atoms with van der Waals surface area (Å²) in [6, 6.07) is 20.2. The highest BCUT2D eigenvalue weighted by atomic mass is 16.3. The lowest BCUT2D eigenvalue weighted by molar-refractivity contribution is 0.477. The van der Waals surface area contributed by atoms with Crippen molar-refractivity contribution in [3.63, 3.8) is 0 Å². The zero-order chi connectivity index (χ0) is 18.2. The molecule has 0 spiro atoms. The zero-order valence-electron chi connectivity index (χ0n) is 14.1. The Morgan fingerprint density at radius 3 is 2.48 bits per heavy atom. The Kier molecular flexibility index (Phi) is 3.47. The minimum atomic E-state index is 0.140. The number of phenols is 1. The van der Waals surface area contributed by atoms with Crippen molar-refractivity contribution in [3.05, 3.63) is 79.1 Å². The molecule has 0 saturated heterocycles. The number of pyridine rings is 1. The fourth-order valence-corrected chi connectivity index (χ4v) is 3.00. The van der Waals surface area contributed by atoms with E-state index in [1.165, 1.54) is 0 Å². The van der Waals surface area contributed by atoms with Gasteiger partial charge in [-0.25, -0.2) is 14.6 Å². The lowest BCUT2D eigenvalue weighted by Crippen LogP contribution is -1.97. The minimum Gasteiger partial charge on any atom is -0.507 e. The highest BCUT2D eigenvalue weighted by molar-refractivity contribution is 5.83. The monoisotopic (exact) mass is 354 g/mol. The number of phenolic OH excluding ortho intramolecular Hbond substituents is 1. The Morgan fingerprint density at radius 1 is 0.852 bits per heavy atom. The molecule has 0 radical (unpaired) electrons. The van der Waals surface area contributed by atoms with Gasteiger partial charge in [0.2, 0.25) is 5.89 Å². The van der Waals surface area contributed by atoms with Gasteiger partial charge in [0.15, 0.2) is 11.4 Å². The van der Waals surface area contributed by atoms with Crippen LogP contribution in [0.1, 0.15) is 0 Å². The van der Waals surface area contributed by atoms with Crippen molar-refractivity contribution in [1.29, 1.82) is 0 Å². The minimum absolute atomic E-state index is 0.140. The maximum Gasteiger partial charge on any atom is 0.231 e. The van der Waals surface area contributed by atoms with Gasteiger partial charge in [-0.15, -0.1) is 0 Å². The summed E-state index contributed by atoms with van der Waals surface area (Å²) in [7, 11) is 0. The molecule has 5 rings (SSSR count). The van der Waals surface area contributed by atoms with Crippen LogP contribution in [0.25, 0.3) is 39.6 Å². The highest BCUT2D eigenvalue weighted by Gasteiger charge is 2.20. The van der Waals surface area contributed by atoms with Gasteiger partial charge in [0.1, 0.15) is 17.0 Å². The number of hydrogen-bond donors (Lipinski definition) is 1. The van der Waals surface area contributed by atoms with Crippen molar-refractivity contribution in [2.24, 2.45) is 0 Å². The first kappa shape index (κ1) is 15.3. The molecule has 0 aliphatic heterocycles. The molecule has 0 atom stereocenters. The molecular formula is C21H14N4O2. The summed E-state index contributed by atoms with van der Waals surface area (Å²) in [5.74, 6) is 1.24. The van der Waals surface area contributed by atoms with Crippen molar-refractivity contribution in [1.82, 2.24) is 19.7 Å². The van der Waals surface area contributed by atoms with Crippen molar-refractivity contribution >= 4 is 11.1 Å². The summed E-state index contributed by atoms with van der Waals surface area (Å²) in [5, 5.41) is 15.0. The van der Waals surface area contributed by atoms with Crippen molar-refractivity contribution in [3.8, 4) is 34.3 Å². The van der Waals surface area contributed by atoms with E-state index in [1.807, 2.05) is 60.8 Å². The SMILES string of the molecule is Oc1ccccc1-c1nn(-c2ccccn2)cc1-c1nc2ccccc2o1. The molecule has 0 aliphatic carbocycles. The summed E-state index contributed by atoms with van der Waals surface area (Å²) in [5.41, 5.74) is 3.32. The number of oxazole rings is 1. The van der Waals surface area contributed by atoms with E-state index in [2.05, 4.69) is 15.1 Å². The van der Waals surface area contributed by atoms with Crippen LogP contribution >= 0.6 is 0 Å². The fourth-order valence-electron chi connectivity index (χ4n) is 3.00. The van der Waals surface area contributed by atoms with Gasteiger partial charge in [0, 0.05) is 18.0 Å². The molecule has 130 valence electrons. The van der Waals surface area contributed by atoms with Crippen molar-refractivity contribution in [2.75, 3.05) is 0 Å². The molecule has 5 aromatic rings. The van der Waals surface area contributed by atoms with Gasteiger partial charge in [-0.2, -0.15) is 5.10 Å². The number of rotatable bonds is 3. The zero-order valence-corrected chi connectivity index (χ0v) is 14.1. The van der Waals surface area contributed by atoms with E-state index in [4.69, 9.17) is 4.42 Å². The molecule has 0 fully saturated rings. The number of hydrogen-bond acceptors (Lipinski definition) is 5. The van der Waals surface area contributed by atoms with Crippen LogP contribution in [0.15, 0.2) is 83.5 Å². The molecule has 2 aromatic carbocycles. The Morgan fingerprint density at radius 2 is 1.67 bits per heavy atom. The second-order valence-electron chi connectivity index (χ2n) is 6.03. The Bertz CT molecular complexity index is 1210. The molecule has 3 heterocycles. The molecule has 6 nitrogen and oxygen atoms in total. The van der Waals surface area contributed by atoms with E-state index < -0.39 is 0 Å². The average Bonchev–Trinajstić information content (AvgIpc) is 3.33. The van der Waals surface area contributed by atoms with Gasteiger partial charge in [0.05, 0.1) is 5.56 Å². The molecule has 1 N–H and O–H groups in total. The molecule has 3 aromatic heterocycles. The van der Waals surface area contributed by atoms with E-state index >= 15 is 0 Å². The van der Waals surface area contributed by atoms with E-state index in [0.29, 0.717) is 34.1 Å². The molecule has 0 aliphatic rings. The lowest BCUT2D eigenvalue weighted by Gasteiger charge is -2.02. The first-order valence-corrected chi connectivity index (χ1v) is 8.45. The third kappa shape index (κ3) is 2.64. The van der Waals surface area contributed by atoms with Gasteiger partial charge in [-0.3, -0.25) is 0 Å². The maximum absolute atomic E-state index is 10.3. The number of benzene rings is 2. The number of aromatic hydroxyl groups is 1. The maximum atomic E-state index is 10.3. The van der Waals surface area contributed by atoms with Gasteiger partial charge < -0.3 is 9.52 Å². The smallest absolute Gasteiger partial charge is 0.231 e. The molecule has 27 heavy (non-hydrogen) atoms. The van der Waals surface area contributed by atoms with Gasteiger partial charge >= 0.3 is 0 Å². The van der Waals surface area contributed by atoms with E-state index in [-0.39, 0.29) is 5.75 Å². The second kappa shape index (κ2) is 6.10. The highest BCUT2D eigenvalue weighted by Crippen LogP contribution is 2.36. The Labute approximate surface area is 154 Å². The predicted octanol–water partition coefficient (Wildman–Crippen LogP) is 4.45. The first-order valence-electron chi connectivity index (χ1n) is 8.45. The number of para-hydroxylation sites is 3. The van der Waals surface area contributed by atoms with Crippen LogP contribution in [0.2, 0.25) is 0 Å². The second-order valence-corrected chi connectivity index (χ2v) is 6.03. The molecule has 0 saturated carbocycles. The van der Waals surface area contributed by atoms with E-state index in [9.17, 15) is 5.11 Å². The summed E-state index contributed by atoms with van der Waals surface area (Å²) >= 11 is 0. The Balaban J connectivity index is 1.75. The lowest BCUT2D eigenvalue weighted by atomic mass is 10.1. The van der Waals surface area contributed by atoms with E-state index in [0.717, 1.165) is 5.52 Å². The van der Waals surface area contributed by atoms with Crippen LogP contribution in [0.4, 0.5) is 0 Å². The van der Waals surface area contributed by atoms with Gasteiger partial charge in [-0.1, -0.05) is 30.3 Å². The van der Waals surface area contributed by atoms with E-state index in [1.54, 1.807) is 23.0 Å². The third-order valence-corrected chi connectivity index (χ3v) is 4.28. The van der Waals surface area contributed by atoms with Crippen LogP contribution < -0.4 is 0 Å². The average molecular weight is 354 g/mol. The summed E-state index contributed by atoms with van der Waals surface area (Å²) in [4.78, 5) is 8.93. The normalized spacial score (nSPS) is 11.1. The topological polar surface area (TPSA) is 77.0 Å². The third-order valence-electron chi connectivity index (χ3n) is 4.28. The predicted molar refractivity (Wildman–Crippen MR) is 101 cm³/mol. The first-order chi connectivity index (χ1) is 13.3. The van der Waals surface area contributed by atoms with Crippen LogP contribution in [0, 0.1) is 0 Å². The number of aromatic nitrogens is 4. The molecule has 6 heteroatoms. The molecule has 0 unspecified atom stereocenters. The van der Waals surface area contributed by atoms with Crippen molar-refractivity contribution < 1.29 is 9.52 Å². The largest absolute Gasteiger partial charge is 0.507 e. The molecular weight excluding hydrogens is 340 g/mol. The van der Waals surface area contributed by atoms with Crippen LogP contribution in [-0.4, -0.2) is 24.9 Å². The standard InChI is InChI=1S/C21H14N4O2/c26-17-9-3-1-7-14(17)20-15(13-25(24-20)19-11-5-6-12-22-19)21-23-16-8-2-4-10-18(16)27-21/h1-13,26H. The van der Waals surface area contributed by atoms with Crippen LogP contribution in [0.5, 0.6) is 5.75 Å². The van der Waals surface area contributed by atoms with Crippen LogP contribution in [0.3, 0.4) is 0 Å². The Hall–Kier alpha value is -3.93. The quantitative estimate of drug-likeness (QED) is 0.518. The van der Waals surface area contributed by atoms with Gasteiger partial charge in [0.25, 0.3) is 0 Å². The van der Waals surface area contributed by atoms with Crippen molar-refractivity contribution in [2.45, 2.75) is 0 Å². The van der Waals surface area contributed by atoms with Crippen LogP contribution in [-0.2, 0) is 0 Å². The summed E-state index contributed by atoms with van der Waals surface area (Å²) in [6.07, 6.45) is 3.52.